The lowest BCUT2D eigenvalue weighted by Crippen LogP contribution is -2.38. The molecule has 0 radical (unpaired) electrons. The van der Waals surface area contributed by atoms with Gasteiger partial charge >= 0.3 is 0 Å². The van der Waals surface area contributed by atoms with E-state index in [4.69, 9.17) is 5.11 Å². The quantitative estimate of drug-likeness (QED) is 0.765. The number of carbonyl (C=O) groups excluding carboxylic acids is 3. The van der Waals surface area contributed by atoms with Crippen LogP contribution in [0, 0.1) is 0 Å². The molecule has 0 aromatic heterocycles. The van der Waals surface area contributed by atoms with Crippen LogP contribution in [0.2, 0.25) is 0 Å². The second kappa shape index (κ2) is 4.57. The molecule has 3 amide bonds. The van der Waals surface area contributed by atoms with Crippen molar-refractivity contribution < 1.29 is 19.5 Å². The monoisotopic (exact) mass is 221 g/mol. The van der Waals surface area contributed by atoms with E-state index in [-0.39, 0.29) is 11.3 Å². The summed E-state index contributed by atoms with van der Waals surface area (Å²) in [7, 11) is 0. The summed E-state index contributed by atoms with van der Waals surface area (Å²) in [4.78, 5) is 34.5. The molecule has 1 aromatic rings. The summed E-state index contributed by atoms with van der Waals surface area (Å²) >= 11 is 0. The highest BCUT2D eigenvalue weighted by atomic mass is 16.3. The zero-order chi connectivity index (χ0) is 12.3. The van der Waals surface area contributed by atoms with Gasteiger partial charge in [0, 0.05) is 19.4 Å². The second-order valence-corrected chi connectivity index (χ2v) is 3.23. The van der Waals surface area contributed by atoms with Crippen LogP contribution in [0.25, 0.3) is 0 Å². The van der Waals surface area contributed by atoms with Gasteiger partial charge in [-0.2, -0.15) is 0 Å². The van der Waals surface area contributed by atoms with Crippen molar-refractivity contribution in [2.45, 2.75) is 13.8 Å². The molecular weight excluding hydrogens is 210 g/mol. The topological polar surface area (TPSA) is 74.7 Å². The van der Waals surface area contributed by atoms with Gasteiger partial charge in [-0.05, 0) is 24.3 Å². The summed E-state index contributed by atoms with van der Waals surface area (Å²) in [6.07, 6.45) is 0. The van der Waals surface area contributed by atoms with Gasteiger partial charge in [0.15, 0.2) is 0 Å². The maximum Gasteiger partial charge on any atom is 0.267 e. The molecule has 0 spiro atoms. The lowest BCUT2D eigenvalue weighted by Gasteiger charge is -2.14. The molecule has 5 nitrogen and oxygen atoms in total. The zero-order valence-electron chi connectivity index (χ0n) is 8.93. The van der Waals surface area contributed by atoms with Gasteiger partial charge in [-0.3, -0.25) is 14.4 Å². The molecule has 5 heteroatoms. The molecule has 1 aromatic carbocycles. The predicted molar refractivity (Wildman–Crippen MR) is 55.6 cm³/mol. The lowest BCUT2D eigenvalue weighted by molar-refractivity contribution is -0.138. The number of imide groups is 3. The highest BCUT2D eigenvalue weighted by Gasteiger charge is 2.23. The van der Waals surface area contributed by atoms with Crippen molar-refractivity contribution in [3.63, 3.8) is 0 Å². The Hall–Kier alpha value is -2.17. The Morgan fingerprint density at radius 3 is 1.81 bits per heavy atom. The van der Waals surface area contributed by atoms with Crippen LogP contribution < -0.4 is 0 Å². The first-order valence-corrected chi connectivity index (χ1v) is 4.58. The molecule has 1 N–H and O–H groups in total. The van der Waals surface area contributed by atoms with Crippen molar-refractivity contribution in [3.05, 3.63) is 29.8 Å². The standard InChI is InChI=1S/C11H11NO4/c1-7(13)12(8(2)14)11(16)9-3-5-10(15)6-4-9/h3-6,15H,1-2H3. The van der Waals surface area contributed by atoms with Crippen LogP contribution in [0.4, 0.5) is 0 Å². The summed E-state index contributed by atoms with van der Waals surface area (Å²) in [6.45, 7) is 2.28. The fraction of sp³-hybridized carbons (Fsp3) is 0.182. The third kappa shape index (κ3) is 2.44. The van der Waals surface area contributed by atoms with Gasteiger partial charge in [-0.1, -0.05) is 0 Å². The SMILES string of the molecule is CC(=O)N(C(C)=O)C(=O)c1ccc(O)cc1. The summed E-state index contributed by atoms with van der Waals surface area (Å²) in [5.74, 6) is -1.95. The molecule has 0 saturated heterocycles. The predicted octanol–water partition coefficient (Wildman–Crippen LogP) is 0.927. The van der Waals surface area contributed by atoms with E-state index in [1.165, 1.54) is 24.3 Å². The molecule has 0 fully saturated rings. The molecule has 84 valence electrons. The Morgan fingerprint density at radius 2 is 1.44 bits per heavy atom. The van der Waals surface area contributed by atoms with Crippen LogP contribution in [-0.2, 0) is 9.59 Å². The summed E-state index contributed by atoms with van der Waals surface area (Å²) in [6, 6.07) is 5.31. The number of phenolic OH excluding ortho intramolecular Hbond substituents is 1. The number of phenols is 1. The highest BCUT2D eigenvalue weighted by Crippen LogP contribution is 2.12. The molecule has 0 aliphatic rings. The van der Waals surface area contributed by atoms with Gasteiger partial charge < -0.3 is 5.11 Å². The first-order valence-electron chi connectivity index (χ1n) is 4.58. The van der Waals surface area contributed by atoms with Gasteiger partial charge in [0.05, 0.1) is 0 Å². The largest absolute Gasteiger partial charge is 0.508 e. The number of carbonyl (C=O) groups is 3. The molecule has 16 heavy (non-hydrogen) atoms. The maximum absolute atomic E-state index is 11.7. The summed E-state index contributed by atoms with van der Waals surface area (Å²) < 4.78 is 0. The van der Waals surface area contributed by atoms with Gasteiger partial charge in [0.2, 0.25) is 11.8 Å². The average molecular weight is 221 g/mol. The Labute approximate surface area is 92.3 Å². The molecule has 0 aliphatic heterocycles. The van der Waals surface area contributed by atoms with E-state index in [2.05, 4.69) is 0 Å². The van der Waals surface area contributed by atoms with Crippen molar-refractivity contribution in [1.29, 1.82) is 0 Å². The Kier molecular flexibility index (Phi) is 3.40. The zero-order valence-corrected chi connectivity index (χ0v) is 8.93. The van der Waals surface area contributed by atoms with Crippen molar-refractivity contribution in [2.75, 3.05) is 0 Å². The van der Waals surface area contributed by atoms with E-state index < -0.39 is 17.7 Å². The van der Waals surface area contributed by atoms with Crippen molar-refractivity contribution in [3.8, 4) is 5.75 Å². The number of benzene rings is 1. The van der Waals surface area contributed by atoms with Gasteiger partial charge in [0.25, 0.3) is 5.91 Å². The van der Waals surface area contributed by atoms with Crippen LogP contribution in [0.3, 0.4) is 0 Å². The van der Waals surface area contributed by atoms with Gasteiger partial charge in [-0.25, -0.2) is 4.90 Å². The maximum atomic E-state index is 11.7. The number of rotatable bonds is 1. The van der Waals surface area contributed by atoms with E-state index in [0.717, 1.165) is 13.8 Å². The summed E-state index contributed by atoms with van der Waals surface area (Å²) in [5.41, 5.74) is 0.170. The third-order valence-corrected chi connectivity index (χ3v) is 1.95. The second-order valence-electron chi connectivity index (χ2n) is 3.23. The van der Waals surface area contributed by atoms with E-state index in [1.54, 1.807) is 0 Å². The van der Waals surface area contributed by atoms with E-state index in [9.17, 15) is 14.4 Å². The first kappa shape index (κ1) is 11.9. The first-order chi connectivity index (χ1) is 7.43. The molecule has 0 unspecified atom stereocenters. The molecule has 0 atom stereocenters. The van der Waals surface area contributed by atoms with E-state index in [1.807, 2.05) is 0 Å². The minimum atomic E-state index is -0.694. The van der Waals surface area contributed by atoms with E-state index >= 15 is 0 Å². The minimum Gasteiger partial charge on any atom is -0.508 e. The average Bonchev–Trinajstić information content (AvgIpc) is 2.17. The normalized spacial score (nSPS) is 9.62. The van der Waals surface area contributed by atoms with Gasteiger partial charge in [-0.15, -0.1) is 0 Å². The molecule has 0 bridgehead atoms. The number of amides is 3. The smallest absolute Gasteiger partial charge is 0.267 e. The van der Waals surface area contributed by atoms with Crippen LogP contribution in [0.5, 0.6) is 5.75 Å². The molecule has 1 rings (SSSR count). The molecule has 0 aliphatic carbocycles. The Balaban J connectivity index is 3.04. The van der Waals surface area contributed by atoms with Crippen LogP contribution in [0.15, 0.2) is 24.3 Å². The number of hydrogen-bond donors (Lipinski definition) is 1. The lowest BCUT2D eigenvalue weighted by atomic mass is 10.2. The Morgan fingerprint density at radius 1 is 1.00 bits per heavy atom. The fourth-order valence-corrected chi connectivity index (χ4v) is 1.24. The Bertz CT molecular complexity index is 422. The molecule has 0 saturated carbocycles. The number of hydrogen-bond acceptors (Lipinski definition) is 4. The minimum absolute atomic E-state index is 0.00810. The van der Waals surface area contributed by atoms with E-state index in [0.29, 0.717) is 4.90 Å². The molecule has 0 heterocycles. The van der Waals surface area contributed by atoms with Crippen molar-refractivity contribution in [1.82, 2.24) is 4.90 Å². The fourth-order valence-electron chi connectivity index (χ4n) is 1.24. The number of nitrogens with zero attached hydrogens (tertiary/aromatic N) is 1. The van der Waals surface area contributed by atoms with Gasteiger partial charge in [0.1, 0.15) is 5.75 Å². The number of aromatic hydroxyl groups is 1. The third-order valence-electron chi connectivity index (χ3n) is 1.95. The van der Waals surface area contributed by atoms with Crippen molar-refractivity contribution >= 4 is 17.7 Å². The van der Waals surface area contributed by atoms with Crippen LogP contribution in [-0.4, -0.2) is 27.7 Å². The van der Waals surface area contributed by atoms with Crippen molar-refractivity contribution in [2.24, 2.45) is 0 Å². The van der Waals surface area contributed by atoms with Crippen LogP contribution >= 0.6 is 0 Å². The van der Waals surface area contributed by atoms with Crippen LogP contribution in [0.1, 0.15) is 24.2 Å². The highest BCUT2D eigenvalue weighted by molar-refractivity contribution is 6.15. The molecular formula is C11H11NO4. The summed E-state index contributed by atoms with van der Waals surface area (Å²) in [5, 5.41) is 9.04.